The molecule has 0 fully saturated rings. The number of aliphatic carboxylic acids is 1. The highest BCUT2D eigenvalue weighted by Crippen LogP contribution is 2.27. The van der Waals surface area contributed by atoms with Crippen molar-refractivity contribution >= 4 is 28.2 Å². The monoisotopic (exact) mass is 257 g/mol. The Morgan fingerprint density at radius 1 is 1.16 bits per heavy atom. The Labute approximate surface area is 111 Å². The molecule has 0 saturated carbocycles. The van der Waals surface area contributed by atoms with Crippen LogP contribution in [-0.2, 0) is 4.79 Å². The van der Waals surface area contributed by atoms with E-state index in [1.165, 1.54) is 6.92 Å². The van der Waals surface area contributed by atoms with Gasteiger partial charge >= 0.3 is 5.97 Å². The number of hydrogen-bond acceptors (Lipinski definition) is 3. The van der Waals surface area contributed by atoms with Gasteiger partial charge in [-0.2, -0.15) is 0 Å². The number of benzene rings is 2. The van der Waals surface area contributed by atoms with Gasteiger partial charge in [0.1, 0.15) is 6.04 Å². The molecule has 0 radical (unpaired) electrons. The van der Waals surface area contributed by atoms with Crippen molar-refractivity contribution in [3.05, 3.63) is 42.0 Å². The summed E-state index contributed by atoms with van der Waals surface area (Å²) in [5, 5.41) is 13.6. The number of carbonyl (C=O) groups excluding carboxylic acids is 1. The average molecular weight is 257 g/mol. The summed E-state index contributed by atoms with van der Waals surface area (Å²) in [4.78, 5) is 22.7. The summed E-state index contributed by atoms with van der Waals surface area (Å²) < 4.78 is 0. The molecule has 0 aromatic heterocycles. The fraction of sp³-hybridized carbons (Fsp3) is 0.200. The molecule has 2 N–H and O–H groups in total. The molecule has 2 aromatic rings. The molecule has 1 atom stereocenters. The number of carbonyl (C=O) groups is 2. The first-order chi connectivity index (χ1) is 9.00. The maximum absolute atomic E-state index is 11.8. The molecular weight excluding hydrogens is 242 g/mol. The quantitative estimate of drug-likeness (QED) is 0.826. The summed E-state index contributed by atoms with van der Waals surface area (Å²) >= 11 is 0. The van der Waals surface area contributed by atoms with E-state index in [2.05, 4.69) is 5.32 Å². The molecule has 0 aliphatic rings. The van der Waals surface area contributed by atoms with Crippen LogP contribution in [0.3, 0.4) is 0 Å². The Bertz CT molecular complexity index is 649. The number of Topliss-reactive ketones (excluding diaryl/α,β-unsaturated/α-hetero) is 1. The second-order valence-corrected chi connectivity index (χ2v) is 4.47. The SMILES string of the molecule is CC(=O)c1c(NC(C)C(=O)O)ccc2ccccc12. The predicted molar refractivity (Wildman–Crippen MR) is 74.7 cm³/mol. The van der Waals surface area contributed by atoms with Crippen LogP contribution in [0.2, 0.25) is 0 Å². The van der Waals surface area contributed by atoms with Gasteiger partial charge in [-0.1, -0.05) is 30.3 Å². The average Bonchev–Trinajstić information content (AvgIpc) is 2.37. The van der Waals surface area contributed by atoms with E-state index in [4.69, 9.17) is 5.11 Å². The largest absolute Gasteiger partial charge is 0.480 e. The summed E-state index contributed by atoms with van der Waals surface area (Å²) in [7, 11) is 0. The van der Waals surface area contributed by atoms with E-state index < -0.39 is 12.0 Å². The van der Waals surface area contributed by atoms with Crippen molar-refractivity contribution in [3.63, 3.8) is 0 Å². The van der Waals surface area contributed by atoms with Crippen molar-refractivity contribution in [2.75, 3.05) is 5.32 Å². The van der Waals surface area contributed by atoms with Gasteiger partial charge in [-0.3, -0.25) is 9.59 Å². The molecule has 0 aliphatic carbocycles. The maximum atomic E-state index is 11.8. The molecule has 0 aliphatic heterocycles. The van der Waals surface area contributed by atoms with Gasteiger partial charge in [0.05, 0.1) is 0 Å². The van der Waals surface area contributed by atoms with Crippen molar-refractivity contribution < 1.29 is 14.7 Å². The number of fused-ring (bicyclic) bond motifs is 1. The Balaban J connectivity index is 2.58. The Kier molecular flexibility index (Phi) is 3.51. The number of nitrogens with one attached hydrogen (secondary N) is 1. The molecule has 19 heavy (non-hydrogen) atoms. The third-order valence-electron chi connectivity index (χ3n) is 3.02. The minimum absolute atomic E-state index is 0.0862. The zero-order valence-electron chi connectivity index (χ0n) is 10.8. The summed E-state index contributed by atoms with van der Waals surface area (Å²) in [6.07, 6.45) is 0. The van der Waals surface area contributed by atoms with Gasteiger partial charge < -0.3 is 10.4 Å². The van der Waals surface area contributed by atoms with Gasteiger partial charge in [-0.15, -0.1) is 0 Å². The normalized spacial score (nSPS) is 12.1. The predicted octanol–water partition coefficient (Wildman–Crippen LogP) is 2.93. The minimum atomic E-state index is -0.956. The fourth-order valence-corrected chi connectivity index (χ4v) is 2.07. The van der Waals surface area contributed by atoms with Crippen molar-refractivity contribution in [2.45, 2.75) is 19.9 Å². The first-order valence-electron chi connectivity index (χ1n) is 6.02. The van der Waals surface area contributed by atoms with E-state index in [0.717, 1.165) is 10.8 Å². The summed E-state index contributed by atoms with van der Waals surface area (Å²) in [5.41, 5.74) is 1.09. The zero-order valence-corrected chi connectivity index (χ0v) is 10.8. The van der Waals surface area contributed by atoms with Gasteiger partial charge in [-0.05, 0) is 30.7 Å². The topological polar surface area (TPSA) is 66.4 Å². The van der Waals surface area contributed by atoms with E-state index in [-0.39, 0.29) is 5.78 Å². The lowest BCUT2D eigenvalue weighted by molar-refractivity contribution is -0.137. The van der Waals surface area contributed by atoms with Crippen LogP contribution in [0.15, 0.2) is 36.4 Å². The van der Waals surface area contributed by atoms with E-state index in [1.807, 2.05) is 30.3 Å². The standard InChI is InChI=1S/C15H15NO3/c1-9(15(18)19)16-13-8-7-11-5-3-4-6-12(11)14(13)10(2)17/h3-9,16H,1-2H3,(H,18,19). The minimum Gasteiger partial charge on any atom is -0.480 e. The van der Waals surface area contributed by atoms with E-state index in [9.17, 15) is 9.59 Å². The molecule has 2 rings (SSSR count). The van der Waals surface area contributed by atoms with Gasteiger partial charge in [0, 0.05) is 11.3 Å². The van der Waals surface area contributed by atoms with Crippen LogP contribution >= 0.6 is 0 Å². The van der Waals surface area contributed by atoms with E-state index in [0.29, 0.717) is 11.3 Å². The zero-order chi connectivity index (χ0) is 14.0. The van der Waals surface area contributed by atoms with Crippen LogP contribution in [0.4, 0.5) is 5.69 Å². The number of anilines is 1. The number of rotatable bonds is 4. The summed E-state index contributed by atoms with van der Waals surface area (Å²) in [6, 6.07) is 10.4. The van der Waals surface area contributed by atoms with Crippen LogP contribution in [0.25, 0.3) is 10.8 Å². The third kappa shape index (κ3) is 2.57. The summed E-state index contributed by atoms with van der Waals surface area (Å²) in [5.74, 6) is -1.04. The second kappa shape index (κ2) is 5.10. The lowest BCUT2D eigenvalue weighted by Gasteiger charge is -2.15. The van der Waals surface area contributed by atoms with Crippen LogP contribution in [0, 0.1) is 0 Å². The van der Waals surface area contributed by atoms with Gasteiger partial charge in [0.15, 0.2) is 5.78 Å². The molecule has 0 spiro atoms. The van der Waals surface area contributed by atoms with E-state index >= 15 is 0 Å². The molecule has 0 bridgehead atoms. The highest BCUT2D eigenvalue weighted by molar-refractivity contribution is 6.11. The molecule has 98 valence electrons. The van der Waals surface area contributed by atoms with Crippen LogP contribution in [0.1, 0.15) is 24.2 Å². The van der Waals surface area contributed by atoms with Crippen LogP contribution in [-0.4, -0.2) is 22.9 Å². The summed E-state index contributed by atoms with van der Waals surface area (Å²) in [6.45, 7) is 3.03. The maximum Gasteiger partial charge on any atom is 0.325 e. The van der Waals surface area contributed by atoms with Crippen molar-refractivity contribution in [1.82, 2.24) is 0 Å². The first-order valence-corrected chi connectivity index (χ1v) is 6.02. The van der Waals surface area contributed by atoms with Crippen molar-refractivity contribution in [1.29, 1.82) is 0 Å². The van der Waals surface area contributed by atoms with Gasteiger partial charge in [0.2, 0.25) is 0 Å². The smallest absolute Gasteiger partial charge is 0.325 e. The van der Waals surface area contributed by atoms with Crippen LogP contribution in [0.5, 0.6) is 0 Å². The van der Waals surface area contributed by atoms with E-state index in [1.54, 1.807) is 13.0 Å². The van der Waals surface area contributed by atoms with Crippen LogP contribution < -0.4 is 5.32 Å². The Morgan fingerprint density at radius 3 is 2.47 bits per heavy atom. The van der Waals surface area contributed by atoms with Crippen molar-refractivity contribution in [3.8, 4) is 0 Å². The molecule has 0 amide bonds. The Hall–Kier alpha value is -2.36. The molecule has 4 nitrogen and oxygen atoms in total. The lowest BCUT2D eigenvalue weighted by Crippen LogP contribution is -2.26. The number of hydrogen-bond donors (Lipinski definition) is 2. The fourth-order valence-electron chi connectivity index (χ4n) is 2.07. The molecular formula is C15H15NO3. The lowest BCUT2D eigenvalue weighted by atomic mass is 9.99. The first kappa shape index (κ1) is 13.1. The molecule has 2 aromatic carbocycles. The Morgan fingerprint density at radius 2 is 1.84 bits per heavy atom. The molecule has 0 saturated heterocycles. The molecule has 0 heterocycles. The molecule has 4 heteroatoms. The third-order valence-corrected chi connectivity index (χ3v) is 3.02. The second-order valence-electron chi connectivity index (χ2n) is 4.47. The van der Waals surface area contributed by atoms with Crippen molar-refractivity contribution in [2.24, 2.45) is 0 Å². The number of carboxylic acid groups (broad SMARTS) is 1. The number of ketones is 1. The highest BCUT2D eigenvalue weighted by atomic mass is 16.4. The molecule has 1 unspecified atom stereocenters. The van der Waals surface area contributed by atoms with Gasteiger partial charge in [-0.25, -0.2) is 0 Å². The highest BCUT2D eigenvalue weighted by Gasteiger charge is 2.16. The number of carboxylic acids is 1. The van der Waals surface area contributed by atoms with Gasteiger partial charge in [0.25, 0.3) is 0 Å².